The van der Waals surface area contributed by atoms with Crippen molar-refractivity contribution < 1.29 is 4.74 Å². The molecular weight excluding hydrogens is 178 g/mol. The summed E-state index contributed by atoms with van der Waals surface area (Å²) < 4.78 is 5.23. The third kappa shape index (κ3) is 2.01. The highest BCUT2D eigenvalue weighted by Gasteiger charge is 2.15. The van der Waals surface area contributed by atoms with Gasteiger partial charge in [0.15, 0.2) is 0 Å². The Labute approximate surface area is 82.5 Å². The predicted molar refractivity (Wildman–Crippen MR) is 51.8 cm³/mol. The number of rotatable bonds is 2. The van der Waals surface area contributed by atoms with Gasteiger partial charge < -0.3 is 10.1 Å². The van der Waals surface area contributed by atoms with E-state index in [-0.39, 0.29) is 0 Å². The molecule has 4 nitrogen and oxygen atoms in total. The van der Waals surface area contributed by atoms with E-state index in [2.05, 4.69) is 10.3 Å². The largest absolute Gasteiger partial charge is 0.379 e. The predicted octanol–water partition coefficient (Wildman–Crippen LogP) is 1.15. The van der Waals surface area contributed by atoms with Crippen LogP contribution in [-0.2, 0) is 4.74 Å². The summed E-state index contributed by atoms with van der Waals surface area (Å²) in [5.74, 6) is 0.805. The van der Waals surface area contributed by atoms with Gasteiger partial charge in [0, 0.05) is 12.8 Å². The maximum absolute atomic E-state index is 8.58. The quantitative estimate of drug-likeness (QED) is 0.758. The average Bonchev–Trinajstić information content (AvgIpc) is 2.72. The van der Waals surface area contributed by atoms with E-state index in [9.17, 15) is 0 Å². The number of nitrogens with zero attached hydrogens (tertiary/aromatic N) is 2. The number of ether oxygens (including phenoxy) is 1. The summed E-state index contributed by atoms with van der Waals surface area (Å²) in [5, 5.41) is 11.8. The molecule has 1 saturated heterocycles. The van der Waals surface area contributed by atoms with E-state index in [1.807, 2.05) is 12.1 Å². The molecule has 1 aliphatic heterocycles. The molecule has 0 bridgehead atoms. The van der Waals surface area contributed by atoms with Crippen molar-refractivity contribution in [1.82, 2.24) is 4.98 Å². The van der Waals surface area contributed by atoms with Crippen molar-refractivity contribution in [3.05, 3.63) is 23.9 Å². The van der Waals surface area contributed by atoms with Gasteiger partial charge in [0.1, 0.15) is 11.9 Å². The summed E-state index contributed by atoms with van der Waals surface area (Å²) in [6, 6.07) is 5.96. The molecule has 0 aromatic carbocycles. The summed E-state index contributed by atoms with van der Waals surface area (Å²) in [4.78, 5) is 4.12. The fraction of sp³-hybridized carbons (Fsp3) is 0.400. The van der Waals surface area contributed by atoms with Crippen molar-refractivity contribution in [2.75, 3.05) is 18.5 Å². The van der Waals surface area contributed by atoms with Crippen LogP contribution in [0.5, 0.6) is 0 Å². The SMILES string of the molecule is N#Cc1ccc(NC2CCOC2)nc1. The molecule has 1 aliphatic rings. The molecule has 0 radical (unpaired) electrons. The van der Waals surface area contributed by atoms with Crippen LogP contribution in [0.2, 0.25) is 0 Å². The molecule has 2 rings (SSSR count). The van der Waals surface area contributed by atoms with Crippen molar-refractivity contribution in [2.45, 2.75) is 12.5 Å². The molecule has 0 spiro atoms. The zero-order valence-corrected chi connectivity index (χ0v) is 7.73. The van der Waals surface area contributed by atoms with Gasteiger partial charge >= 0.3 is 0 Å². The van der Waals surface area contributed by atoms with E-state index in [0.29, 0.717) is 11.6 Å². The van der Waals surface area contributed by atoms with E-state index in [1.165, 1.54) is 0 Å². The van der Waals surface area contributed by atoms with E-state index in [0.717, 1.165) is 25.5 Å². The van der Waals surface area contributed by atoms with Crippen LogP contribution in [0.3, 0.4) is 0 Å². The third-order valence-electron chi connectivity index (χ3n) is 2.17. The monoisotopic (exact) mass is 189 g/mol. The fourth-order valence-corrected chi connectivity index (χ4v) is 1.40. The number of hydrogen-bond acceptors (Lipinski definition) is 4. The molecule has 0 aliphatic carbocycles. The Hall–Kier alpha value is -1.60. The molecule has 1 unspecified atom stereocenters. The molecule has 2 heterocycles. The Morgan fingerprint density at radius 2 is 2.50 bits per heavy atom. The molecule has 14 heavy (non-hydrogen) atoms. The molecule has 0 amide bonds. The number of aromatic nitrogens is 1. The minimum Gasteiger partial charge on any atom is -0.379 e. The molecule has 1 atom stereocenters. The van der Waals surface area contributed by atoms with Crippen molar-refractivity contribution in [3.8, 4) is 6.07 Å². The maximum atomic E-state index is 8.58. The number of anilines is 1. The first-order valence-electron chi connectivity index (χ1n) is 4.59. The Bertz CT molecular complexity index is 335. The second kappa shape index (κ2) is 4.07. The Balaban J connectivity index is 1.99. The first-order valence-corrected chi connectivity index (χ1v) is 4.59. The van der Waals surface area contributed by atoms with Crippen molar-refractivity contribution >= 4 is 5.82 Å². The van der Waals surface area contributed by atoms with Gasteiger partial charge in [0.25, 0.3) is 0 Å². The summed E-state index contributed by atoms with van der Waals surface area (Å²) in [5.41, 5.74) is 0.582. The Morgan fingerprint density at radius 3 is 3.07 bits per heavy atom. The van der Waals surface area contributed by atoms with Crippen LogP contribution in [0.4, 0.5) is 5.82 Å². The zero-order valence-electron chi connectivity index (χ0n) is 7.73. The van der Waals surface area contributed by atoms with Crippen LogP contribution in [-0.4, -0.2) is 24.2 Å². The Morgan fingerprint density at radius 1 is 1.57 bits per heavy atom. The lowest BCUT2D eigenvalue weighted by Gasteiger charge is -2.10. The normalized spacial score (nSPS) is 20.4. The van der Waals surface area contributed by atoms with E-state index >= 15 is 0 Å². The molecule has 1 aromatic rings. The van der Waals surface area contributed by atoms with Gasteiger partial charge in [-0.25, -0.2) is 4.98 Å². The standard InChI is InChI=1S/C10H11N3O/c11-5-8-1-2-10(12-6-8)13-9-3-4-14-7-9/h1-2,6,9H,3-4,7H2,(H,12,13). The fourth-order valence-electron chi connectivity index (χ4n) is 1.40. The second-order valence-electron chi connectivity index (χ2n) is 3.25. The van der Waals surface area contributed by atoms with Crippen molar-refractivity contribution in [1.29, 1.82) is 5.26 Å². The summed E-state index contributed by atoms with van der Waals surface area (Å²) >= 11 is 0. The van der Waals surface area contributed by atoms with Crippen LogP contribution >= 0.6 is 0 Å². The van der Waals surface area contributed by atoms with Gasteiger partial charge in [-0.3, -0.25) is 0 Å². The Kier molecular flexibility index (Phi) is 2.61. The van der Waals surface area contributed by atoms with Crippen molar-refractivity contribution in [3.63, 3.8) is 0 Å². The smallest absolute Gasteiger partial charge is 0.126 e. The lowest BCUT2D eigenvalue weighted by molar-refractivity contribution is 0.195. The summed E-state index contributed by atoms with van der Waals surface area (Å²) in [6.45, 7) is 1.55. The topological polar surface area (TPSA) is 57.9 Å². The number of hydrogen-bond donors (Lipinski definition) is 1. The van der Waals surface area contributed by atoms with E-state index in [4.69, 9.17) is 10.00 Å². The van der Waals surface area contributed by atoms with Gasteiger partial charge in [-0.1, -0.05) is 0 Å². The molecule has 1 fully saturated rings. The number of nitrogens with one attached hydrogen (secondary N) is 1. The van der Waals surface area contributed by atoms with Gasteiger partial charge in [-0.2, -0.15) is 5.26 Å². The highest BCUT2D eigenvalue weighted by molar-refractivity contribution is 5.39. The van der Waals surface area contributed by atoms with Crippen LogP contribution in [0.1, 0.15) is 12.0 Å². The average molecular weight is 189 g/mol. The van der Waals surface area contributed by atoms with Gasteiger partial charge in [0.05, 0.1) is 18.2 Å². The van der Waals surface area contributed by atoms with E-state index in [1.54, 1.807) is 12.3 Å². The molecular formula is C10H11N3O. The molecule has 1 aromatic heterocycles. The number of nitriles is 1. The van der Waals surface area contributed by atoms with Gasteiger partial charge in [-0.05, 0) is 18.6 Å². The molecule has 72 valence electrons. The van der Waals surface area contributed by atoms with Crippen LogP contribution in [0.25, 0.3) is 0 Å². The van der Waals surface area contributed by atoms with Gasteiger partial charge in [-0.15, -0.1) is 0 Å². The van der Waals surface area contributed by atoms with E-state index < -0.39 is 0 Å². The first kappa shape index (κ1) is 8.97. The molecule has 1 N–H and O–H groups in total. The van der Waals surface area contributed by atoms with Crippen molar-refractivity contribution in [2.24, 2.45) is 0 Å². The minimum atomic E-state index is 0.357. The van der Waals surface area contributed by atoms with Gasteiger partial charge in [0.2, 0.25) is 0 Å². The lowest BCUT2D eigenvalue weighted by Crippen LogP contribution is -2.19. The minimum absolute atomic E-state index is 0.357. The number of pyridine rings is 1. The first-order chi connectivity index (χ1) is 6.88. The highest BCUT2D eigenvalue weighted by atomic mass is 16.5. The lowest BCUT2D eigenvalue weighted by atomic mass is 10.2. The zero-order chi connectivity index (χ0) is 9.80. The molecule has 4 heteroatoms. The second-order valence-corrected chi connectivity index (χ2v) is 3.25. The maximum Gasteiger partial charge on any atom is 0.126 e. The summed E-state index contributed by atoms with van der Waals surface area (Å²) in [7, 11) is 0. The van der Waals surface area contributed by atoms with Crippen LogP contribution < -0.4 is 5.32 Å². The molecule has 0 saturated carbocycles. The van der Waals surface area contributed by atoms with Crippen LogP contribution in [0, 0.1) is 11.3 Å². The third-order valence-corrected chi connectivity index (χ3v) is 2.17. The van der Waals surface area contributed by atoms with Crippen LogP contribution in [0.15, 0.2) is 18.3 Å². The highest BCUT2D eigenvalue weighted by Crippen LogP contribution is 2.11. The summed E-state index contributed by atoms with van der Waals surface area (Å²) in [6.07, 6.45) is 2.58.